The minimum atomic E-state index is -1.57. The Morgan fingerprint density at radius 2 is 0.736 bits per heavy atom. The summed E-state index contributed by atoms with van der Waals surface area (Å²) in [6, 6.07) is -0.806. The van der Waals surface area contributed by atoms with Gasteiger partial charge in [-0.3, -0.25) is 9.59 Å². The Bertz CT molecular complexity index is 1610. The van der Waals surface area contributed by atoms with Gasteiger partial charge in [-0.1, -0.05) is 359 Å². The molecular formula is C80H151NO10. The summed E-state index contributed by atoms with van der Waals surface area (Å²) in [7, 11) is 0. The average molecular weight is 1290 g/mol. The number of amides is 1. The van der Waals surface area contributed by atoms with E-state index in [-0.39, 0.29) is 18.5 Å². The van der Waals surface area contributed by atoms with Crippen LogP contribution in [0.3, 0.4) is 0 Å². The Morgan fingerprint density at radius 1 is 0.407 bits per heavy atom. The zero-order chi connectivity index (χ0) is 65.8. The predicted octanol–water partition coefficient (Wildman–Crippen LogP) is 21.3. The van der Waals surface area contributed by atoms with Crippen molar-refractivity contribution >= 4 is 11.9 Å². The first-order chi connectivity index (χ1) is 44.7. The maximum atomic E-state index is 13.0. The highest BCUT2D eigenvalue weighted by atomic mass is 16.7. The summed E-state index contributed by atoms with van der Waals surface area (Å²) in [6.07, 6.45) is 80.5. The Morgan fingerprint density at radius 3 is 1.11 bits per heavy atom. The topological polar surface area (TPSA) is 175 Å². The number of hydrogen-bond acceptors (Lipinski definition) is 10. The standard InChI is InChI=1S/C80H151NO10/c1-3-5-7-9-11-13-14-15-16-38-42-45-48-52-56-60-64-68-76(85)89-69-65-61-57-53-49-46-43-40-37-35-33-31-29-27-25-23-21-19-17-18-20-22-24-26-28-30-32-34-36-39-41-44-47-51-55-59-63-67-75(84)81-72(73(83)66-62-58-54-50-12-10-8-6-4-2)71-90-80-79(88)78(87)77(86)74(70-82)91-80/h17,19,23,25,62,66,72-74,77-80,82-83,86-88H,3-16,18,20-22,24,26-61,63-65,67-71H2,1-2H3,(H,81,84)/b19-17-,25-23-,66-62+. The largest absolute Gasteiger partial charge is 0.466 e. The molecule has 7 atom stereocenters. The molecule has 1 aliphatic heterocycles. The van der Waals surface area contributed by atoms with Crippen molar-refractivity contribution in [3.63, 3.8) is 0 Å². The molecule has 1 fully saturated rings. The van der Waals surface area contributed by atoms with Crippen LogP contribution in [0.25, 0.3) is 0 Å². The van der Waals surface area contributed by atoms with Crippen molar-refractivity contribution in [2.45, 2.75) is 442 Å². The first-order valence-electron chi connectivity index (χ1n) is 39.8. The summed E-state index contributed by atoms with van der Waals surface area (Å²) in [6.45, 7) is 4.37. The highest BCUT2D eigenvalue weighted by Crippen LogP contribution is 2.24. The van der Waals surface area contributed by atoms with Gasteiger partial charge in [0.2, 0.25) is 5.91 Å². The molecule has 0 aromatic heterocycles. The minimum absolute atomic E-state index is 0.0172. The van der Waals surface area contributed by atoms with Crippen LogP contribution in [0, 0.1) is 0 Å². The second-order valence-electron chi connectivity index (χ2n) is 27.8. The van der Waals surface area contributed by atoms with Gasteiger partial charge >= 0.3 is 5.97 Å². The number of ether oxygens (including phenoxy) is 3. The van der Waals surface area contributed by atoms with Gasteiger partial charge in [0.15, 0.2) is 6.29 Å². The van der Waals surface area contributed by atoms with Crippen LogP contribution in [0.2, 0.25) is 0 Å². The van der Waals surface area contributed by atoms with Crippen LogP contribution in [0.4, 0.5) is 0 Å². The molecule has 1 saturated heterocycles. The van der Waals surface area contributed by atoms with Crippen LogP contribution in [-0.2, 0) is 23.8 Å². The van der Waals surface area contributed by atoms with E-state index in [9.17, 15) is 35.1 Å². The first-order valence-corrected chi connectivity index (χ1v) is 39.8. The van der Waals surface area contributed by atoms with Gasteiger partial charge < -0.3 is 45.1 Å². The predicted molar refractivity (Wildman–Crippen MR) is 384 cm³/mol. The van der Waals surface area contributed by atoms with E-state index < -0.39 is 49.5 Å². The lowest BCUT2D eigenvalue weighted by atomic mass is 9.99. The fourth-order valence-corrected chi connectivity index (χ4v) is 12.8. The van der Waals surface area contributed by atoms with Gasteiger partial charge in [0.1, 0.15) is 24.4 Å². The molecule has 0 bridgehead atoms. The van der Waals surface area contributed by atoms with Gasteiger partial charge in [-0.2, -0.15) is 0 Å². The lowest BCUT2D eigenvalue weighted by Crippen LogP contribution is -2.60. The second-order valence-corrected chi connectivity index (χ2v) is 27.8. The lowest BCUT2D eigenvalue weighted by Gasteiger charge is -2.40. The van der Waals surface area contributed by atoms with Gasteiger partial charge in [0.25, 0.3) is 0 Å². The fraction of sp³-hybridized carbons (Fsp3) is 0.900. The van der Waals surface area contributed by atoms with Crippen LogP contribution in [0.5, 0.6) is 0 Å². The van der Waals surface area contributed by atoms with E-state index in [0.717, 1.165) is 57.8 Å². The molecule has 536 valence electrons. The Hall–Kier alpha value is -2.12. The summed E-state index contributed by atoms with van der Waals surface area (Å²) in [4.78, 5) is 25.1. The molecule has 0 aromatic rings. The summed E-state index contributed by atoms with van der Waals surface area (Å²) in [5.74, 6) is -0.162. The maximum absolute atomic E-state index is 13.0. The monoisotopic (exact) mass is 1290 g/mol. The number of aliphatic hydroxyl groups is 5. The number of unbranched alkanes of at least 4 members (excludes halogenated alkanes) is 53. The SMILES string of the molecule is CCCCCCCCC/C=C/C(O)C(COC1OC(CO)C(O)C(O)C1O)NC(=O)CCCCCCCCCCCCCCCCCCC/C=C\C/C=C\CCCCCCCCCCCCCCCOC(=O)CCCCCCCCCCCCCCCCCCC. The molecule has 1 amide bonds. The Labute approximate surface area is 562 Å². The molecule has 0 saturated carbocycles. The van der Waals surface area contributed by atoms with E-state index in [1.165, 1.54) is 315 Å². The van der Waals surface area contributed by atoms with E-state index >= 15 is 0 Å². The summed E-state index contributed by atoms with van der Waals surface area (Å²) >= 11 is 0. The van der Waals surface area contributed by atoms with Gasteiger partial charge in [-0.25, -0.2) is 0 Å². The summed E-state index contributed by atoms with van der Waals surface area (Å²) in [5.41, 5.74) is 0. The fourth-order valence-electron chi connectivity index (χ4n) is 12.8. The molecule has 7 unspecified atom stereocenters. The van der Waals surface area contributed by atoms with E-state index in [0.29, 0.717) is 19.4 Å². The lowest BCUT2D eigenvalue weighted by molar-refractivity contribution is -0.302. The molecule has 0 aromatic carbocycles. The summed E-state index contributed by atoms with van der Waals surface area (Å²) < 4.78 is 16.7. The Kier molecular flexibility index (Phi) is 66.1. The smallest absolute Gasteiger partial charge is 0.305 e. The van der Waals surface area contributed by atoms with Crippen molar-refractivity contribution in [1.29, 1.82) is 0 Å². The molecule has 1 heterocycles. The van der Waals surface area contributed by atoms with Crippen molar-refractivity contribution in [3.8, 4) is 0 Å². The second kappa shape index (κ2) is 69.2. The quantitative estimate of drug-likeness (QED) is 0.0195. The van der Waals surface area contributed by atoms with Gasteiger partial charge in [0, 0.05) is 12.8 Å². The van der Waals surface area contributed by atoms with Crippen molar-refractivity contribution in [1.82, 2.24) is 5.32 Å². The number of carbonyl (C=O) groups excluding carboxylic acids is 2. The number of nitrogens with one attached hydrogen (secondary N) is 1. The van der Waals surface area contributed by atoms with Crippen LogP contribution >= 0.6 is 0 Å². The highest BCUT2D eigenvalue weighted by molar-refractivity contribution is 5.76. The first kappa shape index (κ1) is 86.9. The molecule has 1 aliphatic rings. The minimum Gasteiger partial charge on any atom is -0.466 e. The Balaban J connectivity index is 1.86. The molecule has 0 radical (unpaired) electrons. The van der Waals surface area contributed by atoms with E-state index in [4.69, 9.17) is 14.2 Å². The van der Waals surface area contributed by atoms with E-state index in [1.807, 2.05) is 6.08 Å². The van der Waals surface area contributed by atoms with E-state index in [1.54, 1.807) is 6.08 Å². The number of carbonyl (C=O) groups is 2. The maximum Gasteiger partial charge on any atom is 0.305 e. The molecule has 6 N–H and O–H groups in total. The number of aliphatic hydroxyl groups excluding tert-OH is 5. The van der Waals surface area contributed by atoms with Gasteiger partial charge in [-0.15, -0.1) is 0 Å². The molecule has 11 heteroatoms. The van der Waals surface area contributed by atoms with Crippen molar-refractivity contribution < 1.29 is 49.3 Å². The van der Waals surface area contributed by atoms with Crippen LogP contribution < -0.4 is 5.32 Å². The van der Waals surface area contributed by atoms with E-state index in [2.05, 4.69) is 43.5 Å². The van der Waals surface area contributed by atoms with Crippen LogP contribution in [0.15, 0.2) is 36.5 Å². The average Bonchev–Trinajstić information content (AvgIpc) is 1.42. The van der Waals surface area contributed by atoms with Crippen LogP contribution in [0.1, 0.15) is 399 Å². The van der Waals surface area contributed by atoms with Gasteiger partial charge in [0.05, 0.1) is 32.0 Å². The highest BCUT2D eigenvalue weighted by Gasteiger charge is 2.44. The normalized spacial score (nSPS) is 17.7. The van der Waals surface area contributed by atoms with Crippen molar-refractivity contribution in [2.24, 2.45) is 0 Å². The van der Waals surface area contributed by atoms with Crippen molar-refractivity contribution in [2.75, 3.05) is 19.8 Å². The molecule has 1 rings (SSSR count). The molecule has 0 spiro atoms. The summed E-state index contributed by atoms with van der Waals surface area (Å²) in [5, 5.41) is 54.3. The zero-order valence-corrected chi connectivity index (χ0v) is 59.8. The number of hydrogen-bond donors (Lipinski definition) is 6. The molecule has 91 heavy (non-hydrogen) atoms. The molecule has 0 aliphatic carbocycles. The van der Waals surface area contributed by atoms with Gasteiger partial charge in [-0.05, 0) is 64.2 Å². The number of esters is 1. The number of rotatable bonds is 71. The molecular weight excluding hydrogens is 1130 g/mol. The third-order valence-electron chi connectivity index (χ3n) is 19.0. The van der Waals surface area contributed by atoms with Crippen LogP contribution in [-0.4, -0.2) is 100 Å². The number of allylic oxidation sites excluding steroid dienone is 5. The van der Waals surface area contributed by atoms with Crippen molar-refractivity contribution in [3.05, 3.63) is 36.5 Å². The third kappa shape index (κ3) is 57.8. The zero-order valence-electron chi connectivity index (χ0n) is 59.8. The molecule has 11 nitrogen and oxygen atoms in total. The third-order valence-corrected chi connectivity index (χ3v) is 19.0.